The van der Waals surface area contributed by atoms with Crippen molar-refractivity contribution in [1.82, 2.24) is 9.62 Å². The second-order valence-corrected chi connectivity index (χ2v) is 18.0. The number of fused-ring (bicyclic) bond motifs is 3. The van der Waals surface area contributed by atoms with Crippen LogP contribution in [0.15, 0.2) is 36.4 Å². The fourth-order valence-electron chi connectivity index (χ4n) is 8.30. The first-order valence-corrected chi connectivity index (χ1v) is 20.7. The lowest BCUT2D eigenvalue weighted by molar-refractivity contribution is -0.0442. The molecule has 0 aromatic heterocycles. The summed E-state index contributed by atoms with van der Waals surface area (Å²) in [6.07, 6.45) is 8.01. The number of ether oxygens (including phenoxy) is 2. The maximum atomic E-state index is 13.3. The molecular weight excluding hydrogens is 686 g/mol. The molecule has 51 heavy (non-hydrogen) atoms. The van der Waals surface area contributed by atoms with E-state index in [1.807, 2.05) is 6.07 Å². The van der Waals surface area contributed by atoms with Gasteiger partial charge in [-0.15, -0.1) is 0 Å². The van der Waals surface area contributed by atoms with Gasteiger partial charge >= 0.3 is 0 Å². The van der Waals surface area contributed by atoms with Crippen LogP contribution in [0, 0.1) is 23.7 Å². The van der Waals surface area contributed by atoms with Gasteiger partial charge in [-0.3, -0.25) is 9.69 Å². The van der Waals surface area contributed by atoms with Gasteiger partial charge in [0.25, 0.3) is 5.91 Å². The summed E-state index contributed by atoms with van der Waals surface area (Å²) >= 11 is 6.46. The molecule has 0 bridgehead atoms. The van der Waals surface area contributed by atoms with E-state index in [4.69, 9.17) is 21.1 Å². The summed E-state index contributed by atoms with van der Waals surface area (Å²) in [5, 5.41) is 12.2. The molecule has 2 aliphatic carbocycles. The predicted octanol–water partition coefficient (Wildman–Crippen LogP) is 5.95. The van der Waals surface area contributed by atoms with Gasteiger partial charge in [0.05, 0.1) is 30.8 Å². The molecule has 2 aromatic carbocycles. The van der Waals surface area contributed by atoms with Crippen LogP contribution in [0.5, 0.6) is 5.75 Å². The highest BCUT2D eigenvalue weighted by Gasteiger charge is 2.48. The van der Waals surface area contributed by atoms with Crippen LogP contribution in [0.4, 0.5) is 5.69 Å². The Morgan fingerprint density at radius 1 is 1.18 bits per heavy atom. The standard InChI is InChI=1S/C40H54ClN3O6S/c1-4-5-17-40(46,18-6-7-19-43-20-22-49-23-21-43)35-13-10-32(35)26-44-27-39(16-8-9-30-24-33(41)12-14-34(30)39)28-50-37-15-11-31(25-36(37)44)38(45)42-51(47,48)29(2)3/h11-12,14-15,24-25,29,32,35,46H,4-5,7-10,13,16-17,19-23,26-28H2,1-3H3,(H,42,45)/t32-,35+,39-,40-/m0/s1. The van der Waals surface area contributed by atoms with Crippen LogP contribution in [-0.4, -0.2) is 87.7 Å². The minimum Gasteiger partial charge on any atom is -0.490 e. The molecule has 1 saturated carbocycles. The van der Waals surface area contributed by atoms with E-state index in [0.29, 0.717) is 38.3 Å². The van der Waals surface area contributed by atoms with Crippen LogP contribution in [-0.2, 0) is 26.6 Å². The number of aryl methyl sites for hydroxylation is 1. The van der Waals surface area contributed by atoms with Crippen molar-refractivity contribution in [3.8, 4) is 17.6 Å². The fraction of sp³-hybridized carbons (Fsp3) is 0.625. The van der Waals surface area contributed by atoms with E-state index in [2.05, 4.69) is 45.4 Å². The number of morpholine rings is 1. The maximum Gasteiger partial charge on any atom is 0.264 e. The Hall–Kier alpha value is -2.81. The van der Waals surface area contributed by atoms with Crippen molar-refractivity contribution in [2.45, 2.75) is 94.8 Å². The highest BCUT2D eigenvalue weighted by molar-refractivity contribution is 7.90. The van der Waals surface area contributed by atoms with Gasteiger partial charge in [0, 0.05) is 61.1 Å². The maximum absolute atomic E-state index is 13.3. The number of halogens is 1. The van der Waals surface area contributed by atoms with Crippen LogP contribution in [0.2, 0.25) is 5.02 Å². The number of nitrogens with one attached hydrogen (secondary N) is 1. The van der Waals surface area contributed by atoms with E-state index in [0.717, 1.165) is 88.5 Å². The van der Waals surface area contributed by atoms with Crippen molar-refractivity contribution >= 4 is 33.2 Å². The molecule has 4 atom stereocenters. The van der Waals surface area contributed by atoms with E-state index in [9.17, 15) is 18.3 Å². The lowest BCUT2D eigenvalue weighted by Gasteiger charge is -2.48. The zero-order chi connectivity index (χ0) is 36.2. The van der Waals surface area contributed by atoms with Crippen molar-refractivity contribution in [2.24, 2.45) is 11.8 Å². The molecule has 4 aliphatic rings. The summed E-state index contributed by atoms with van der Waals surface area (Å²) in [4.78, 5) is 18.0. The third kappa shape index (κ3) is 8.55. The van der Waals surface area contributed by atoms with Crippen molar-refractivity contribution < 1.29 is 27.8 Å². The molecule has 9 nitrogen and oxygen atoms in total. The van der Waals surface area contributed by atoms with Crippen LogP contribution in [0.3, 0.4) is 0 Å². The van der Waals surface area contributed by atoms with Gasteiger partial charge in [-0.05, 0) is 106 Å². The summed E-state index contributed by atoms with van der Waals surface area (Å²) in [6, 6.07) is 11.4. The van der Waals surface area contributed by atoms with E-state index >= 15 is 0 Å². The normalized spacial score (nSPS) is 24.6. The number of sulfonamides is 1. The summed E-state index contributed by atoms with van der Waals surface area (Å²) in [5.41, 5.74) is 2.12. The zero-order valence-corrected chi connectivity index (χ0v) is 32.0. The largest absolute Gasteiger partial charge is 0.490 e. The molecule has 0 radical (unpaired) electrons. The van der Waals surface area contributed by atoms with Crippen LogP contribution in [0.25, 0.3) is 0 Å². The average molecular weight is 740 g/mol. The van der Waals surface area contributed by atoms with Gasteiger partial charge in [0.2, 0.25) is 10.0 Å². The first-order valence-electron chi connectivity index (χ1n) is 18.8. The Morgan fingerprint density at radius 3 is 2.71 bits per heavy atom. The number of hydrogen-bond acceptors (Lipinski definition) is 8. The number of carbonyl (C=O) groups excluding carboxylic acids is 1. The Bertz CT molecular complexity index is 1730. The van der Waals surface area contributed by atoms with E-state index in [1.54, 1.807) is 32.0 Å². The van der Waals surface area contributed by atoms with E-state index < -0.39 is 26.8 Å². The van der Waals surface area contributed by atoms with Crippen molar-refractivity contribution in [3.05, 3.63) is 58.1 Å². The number of nitrogens with zero attached hydrogens (tertiary/aromatic N) is 2. The second-order valence-electron chi connectivity index (χ2n) is 15.3. The molecule has 6 rings (SSSR count). The quantitative estimate of drug-likeness (QED) is 0.272. The first kappa shape index (κ1) is 37.9. The molecule has 1 amide bonds. The smallest absolute Gasteiger partial charge is 0.264 e. The first-order chi connectivity index (χ1) is 24.4. The number of aliphatic hydroxyl groups is 1. The number of unbranched alkanes of at least 4 members (excludes halogenated alkanes) is 1. The molecule has 1 saturated heterocycles. The van der Waals surface area contributed by atoms with Gasteiger partial charge < -0.3 is 19.5 Å². The van der Waals surface area contributed by atoms with Crippen molar-refractivity contribution in [2.75, 3.05) is 57.4 Å². The second kappa shape index (κ2) is 16.1. The molecule has 2 heterocycles. The van der Waals surface area contributed by atoms with E-state index in [-0.39, 0.29) is 22.8 Å². The molecule has 1 spiro atoms. The van der Waals surface area contributed by atoms with Gasteiger partial charge in [-0.2, -0.15) is 0 Å². The zero-order valence-electron chi connectivity index (χ0n) is 30.4. The number of anilines is 1. The molecule has 2 aliphatic heterocycles. The molecule has 2 aromatic rings. The monoisotopic (exact) mass is 739 g/mol. The van der Waals surface area contributed by atoms with Gasteiger partial charge in [0.15, 0.2) is 0 Å². The van der Waals surface area contributed by atoms with E-state index in [1.165, 1.54) is 11.1 Å². The third-order valence-corrected chi connectivity index (χ3v) is 13.5. The fourth-order valence-corrected chi connectivity index (χ4v) is 9.11. The van der Waals surface area contributed by atoms with Crippen LogP contribution < -0.4 is 14.4 Å². The van der Waals surface area contributed by atoms with Crippen molar-refractivity contribution in [3.63, 3.8) is 0 Å². The van der Waals surface area contributed by atoms with Crippen molar-refractivity contribution in [1.29, 1.82) is 0 Å². The summed E-state index contributed by atoms with van der Waals surface area (Å²) < 4.78 is 39.6. The minimum atomic E-state index is -3.81. The molecular formula is C40H54ClN3O6S. The number of rotatable bonds is 11. The highest BCUT2D eigenvalue weighted by atomic mass is 35.5. The molecule has 0 unspecified atom stereocenters. The Balaban J connectivity index is 1.30. The number of hydrogen-bond donors (Lipinski definition) is 2. The molecule has 2 N–H and O–H groups in total. The highest BCUT2D eigenvalue weighted by Crippen LogP contribution is 2.48. The summed E-state index contributed by atoms with van der Waals surface area (Å²) in [7, 11) is -3.81. The predicted molar refractivity (Wildman–Crippen MR) is 202 cm³/mol. The molecule has 11 heteroatoms. The molecule has 278 valence electrons. The Morgan fingerprint density at radius 2 is 1.98 bits per heavy atom. The summed E-state index contributed by atoms with van der Waals surface area (Å²) in [5.74, 6) is 6.95. The lowest BCUT2D eigenvalue weighted by Crippen LogP contribution is -2.52. The lowest BCUT2D eigenvalue weighted by atomic mass is 9.63. The number of amides is 1. The molecule has 2 fully saturated rings. The SMILES string of the molecule is CCCC[C@](O)(C#CCCN1CCOCC1)[C@@H]1CC[C@H]1CN1C[C@@]2(CCCc3cc(Cl)ccc32)COc2ccc(C(=O)NS(=O)(=O)C(C)C)cc21. The third-order valence-electron chi connectivity index (χ3n) is 11.5. The number of carbonyl (C=O) groups is 1. The topological polar surface area (TPSA) is 108 Å². The summed E-state index contributed by atoms with van der Waals surface area (Å²) in [6.45, 7) is 11.3. The van der Waals surface area contributed by atoms with Crippen LogP contribution >= 0.6 is 11.6 Å². The van der Waals surface area contributed by atoms with Crippen LogP contribution in [0.1, 0.15) is 93.6 Å². The minimum absolute atomic E-state index is 0.0172. The van der Waals surface area contributed by atoms with Gasteiger partial charge in [0.1, 0.15) is 11.4 Å². The van der Waals surface area contributed by atoms with Gasteiger partial charge in [-0.25, -0.2) is 13.1 Å². The average Bonchev–Trinajstić information content (AvgIpc) is 3.24. The number of benzene rings is 2. The Kier molecular flexibility index (Phi) is 11.9. The Labute approximate surface area is 309 Å². The van der Waals surface area contributed by atoms with Gasteiger partial charge in [-0.1, -0.05) is 42.9 Å².